The molecule has 0 spiro atoms. The molecule has 0 saturated carbocycles. The molecule has 0 radical (unpaired) electrons. The SMILES string of the molecule is Cc1cc(N)n(/N=C\c2ccc([N+](=O)[O-])o2)c(=O)c1. The highest BCUT2D eigenvalue weighted by atomic mass is 16.6. The molecule has 8 nitrogen and oxygen atoms in total. The predicted octanol–water partition coefficient (Wildman–Crippen LogP) is 1.12. The topological polar surface area (TPSA) is 117 Å². The summed E-state index contributed by atoms with van der Waals surface area (Å²) in [5.74, 6) is -0.0773. The van der Waals surface area contributed by atoms with Crippen LogP contribution in [-0.2, 0) is 0 Å². The molecular formula is C11H10N4O4. The zero-order valence-corrected chi connectivity index (χ0v) is 9.94. The normalized spacial score (nSPS) is 11.0. The van der Waals surface area contributed by atoms with Gasteiger partial charge in [-0.15, -0.1) is 0 Å². The minimum Gasteiger partial charge on any atom is -0.400 e. The fraction of sp³-hybridized carbons (Fsp3) is 0.0909. The van der Waals surface area contributed by atoms with Gasteiger partial charge in [0.05, 0.1) is 12.3 Å². The van der Waals surface area contributed by atoms with Crippen molar-refractivity contribution >= 4 is 17.9 Å². The van der Waals surface area contributed by atoms with Gasteiger partial charge in [0.15, 0.2) is 5.76 Å². The monoisotopic (exact) mass is 262 g/mol. The number of rotatable bonds is 3. The van der Waals surface area contributed by atoms with Crippen LogP contribution in [0.5, 0.6) is 0 Å². The van der Waals surface area contributed by atoms with Crippen molar-refractivity contribution in [3.05, 3.63) is 56.1 Å². The number of nitrogens with zero attached hydrogens (tertiary/aromatic N) is 3. The summed E-state index contributed by atoms with van der Waals surface area (Å²) < 4.78 is 5.84. The summed E-state index contributed by atoms with van der Waals surface area (Å²) in [6.45, 7) is 1.74. The lowest BCUT2D eigenvalue weighted by Crippen LogP contribution is -2.19. The summed E-state index contributed by atoms with van der Waals surface area (Å²) in [4.78, 5) is 21.4. The molecule has 2 aromatic rings. The maximum atomic E-state index is 11.6. The maximum absolute atomic E-state index is 11.6. The van der Waals surface area contributed by atoms with Crippen LogP contribution in [0.1, 0.15) is 11.3 Å². The first kappa shape index (κ1) is 12.6. The van der Waals surface area contributed by atoms with Crippen LogP contribution < -0.4 is 11.3 Å². The Morgan fingerprint density at radius 3 is 2.79 bits per heavy atom. The van der Waals surface area contributed by atoms with Crippen LogP contribution in [0.4, 0.5) is 11.7 Å². The van der Waals surface area contributed by atoms with Gasteiger partial charge in [-0.1, -0.05) is 0 Å². The number of nitrogen functional groups attached to an aromatic ring is 1. The Morgan fingerprint density at radius 1 is 1.47 bits per heavy atom. The van der Waals surface area contributed by atoms with E-state index in [1.807, 2.05) is 0 Å². The number of nitro groups is 1. The summed E-state index contributed by atoms with van der Waals surface area (Å²) in [5.41, 5.74) is 5.98. The van der Waals surface area contributed by atoms with Gasteiger partial charge in [0.1, 0.15) is 10.7 Å². The quantitative estimate of drug-likeness (QED) is 0.505. The number of aromatic nitrogens is 1. The third kappa shape index (κ3) is 2.68. The van der Waals surface area contributed by atoms with E-state index in [1.54, 1.807) is 13.0 Å². The van der Waals surface area contributed by atoms with E-state index in [2.05, 4.69) is 5.10 Å². The number of hydrogen-bond donors (Lipinski definition) is 1. The second-order valence-corrected chi connectivity index (χ2v) is 3.79. The van der Waals surface area contributed by atoms with Gasteiger partial charge >= 0.3 is 5.88 Å². The lowest BCUT2D eigenvalue weighted by Gasteiger charge is -2.02. The Morgan fingerprint density at radius 2 is 2.21 bits per heavy atom. The first-order valence-electron chi connectivity index (χ1n) is 5.25. The van der Waals surface area contributed by atoms with Crippen molar-refractivity contribution in [2.24, 2.45) is 5.10 Å². The summed E-state index contributed by atoms with van der Waals surface area (Å²) in [6, 6.07) is 5.53. The number of furan rings is 1. The van der Waals surface area contributed by atoms with Crippen LogP contribution in [-0.4, -0.2) is 15.8 Å². The lowest BCUT2D eigenvalue weighted by atomic mass is 10.3. The van der Waals surface area contributed by atoms with Crippen molar-refractivity contribution in [1.29, 1.82) is 0 Å². The van der Waals surface area contributed by atoms with Crippen LogP contribution in [0.2, 0.25) is 0 Å². The van der Waals surface area contributed by atoms with Gasteiger partial charge in [0, 0.05) is 6.07 Å². The van der Waals surface area contributed by atoms with Crippen LogP contribution in [0.15, 0.2) is 38.6 Å². The second kappa shape index (κ2) is 4.77. The zero-order valence-electron chi connectivity index (χ0n) is 9.94. The average Bonchev–Trinajstić information content (AvgIpc) is 2.76. The van der Waals surface area contributed by atoms with E-state index in [1.165, 1.54) is 24.4 Å². The Hall–Kier alpha value is -2.90. The lowest BCUT2D eigenvalue weighted by molar-refractivity contribution is -0.402. The fourth-order valence-corrected chi connectivity index (χ4v) is 1.47. The van der Waals surface area contributed by atoms with Gasteiger partial charge in [0.2, 0.25) is 0 Å². The highest BCUT2D eigenvalue weighted by Gasteiger charge is 2.10. The van der Waals surface area contributed by atoms with Crippen LogP contribution in [0.3, 0.4) is 0 Å². The summed E-state index contributed by atoms with van der Waals surface area (Å²) in [7, 11) is 0. The molecular weight excluding hydrogens is 252 g/mol. The van der Waals surface area contributed by atoms with Crippen LogP contribution in [0, 0.1) is 17.0 Å². The number of pyridine rings is 1. The van der Waals surface area contributed by atoms with E-state index in [9.17, 15) is 14.9 Å². The molecule has 2 aromatic heterocycles. The summed E-state index contributed by atoms with van der Waals surface area (Å²) in [6.07, 6.45) is 1.18. The zero-order chi connectivity index (χ0) is 14.0. The van der Waals surface area contributed by atoms with Gasteiger partial charge in [-0.2, -0.15) is 9.78 Å². The summed E-state index contributed by atoms with van der Waals surface area (Å²) >= 11 is 0. The molecule has 2 heterocycles. The Balaban J connectivity index is 2.32. The largest absolute Gasteiger partial charge is 0.433 e. The molecule has 8 heteroatoms. The number of anilines is 1. The molecule has 98 valence electrons. The highest BCUT2D eigenvalue weighted by molar-refractivity contribution is 5.76. The smallest absolute Gasteiger partial charge is 0.400 e. The van der Waals surface area contributed by atoms with E-state index in [4.69, 9.17) is 10.2 Å². The molecule has 0 saturated heterocycles. The standard InChI is InChI=1S/C11H10N4O4/c1-7-4-9(12)14(10(16)5-7)13-6-8-2-3-11(19-8)15(17)18/h2-6H,12H2,1H3/b13-6-. The van der Waals surface area contributed by atoms with Gasteiger partial charge in [0.25, 0.3) is 5.56 Å². The van der Waals surface area contributed by atoms with Crippen molar-refractivity contribution in [2.45, 2.75) is 6.92 Å². The van der Waals surface area contributed by atoms with Crippen molar-refractivity contribution in [2.75, 3.05) is 5.73 Å². The molecule has 0 fully saturated rings. The molecule has 0 aliphatic rings. The van der Waals surface area contributed by atoms with Crippen LogP contribution in [0.25, 0.3) is 0 Å². The fourth-order valence-electron chi connectivity index (χ4n) is 1.47. The highest BCUT2D eigenvalue weighted by Crippen LogP contribution is 2.14. The molecule has 2 rings (SSSR count). The molecule has 0 aliphatic carbocycles. The minimum absolute atomic E-state index is 0.151. The van der Waals surface area contributed by atoms with E-state index in [-0.39, 0.29) is 11.6 Å². The maximum Gasteiger partial charge on any atom is 0.433 e. The third-order valence-electron chi connectivity index (χ3n) is 2.27. The van der Waals surface area contributed by atoms with Crippen LogP contribution >= 0.6 is 0 Å². The van der Waals surface area contributed by atoms with Crippen molar-refractivity contribution in [3.8, 4) is 0 Å². The van der Waals surface area contributed by atoms with Gasteiger partial charge in [-0.05, 0) is 24.6 Å². The van der Waals surface area contributed by atoms with E-state index >= 15 is 0 Å². The number of hydrogen-bond acceptors (Lipinski definition) is 6. The molecule has 0 aliphatic heterocycles. The molecule has 19 heavy (non-hydrogen) atoms. The van der Waals surface area contributed by atoms with E-state index in [0.29, 0.717) is 0 Å². The first-order valence-corrected chi connectivity index (χ1v) is 5.25. The Kier molecular flexibility index (Phi) is 3.15. The minimum atomic E-state index is -0.663. The Labute approximate surface area is 106 Å². The number of nitrogens with two attached hydrogens (primary N) is 1. The molecule has 0 aromatic carbocycles. The van der Waals surface area contributed by atoms with Gasteiger partial charge < -0.3 is 10.2 Å². The van der Waals surface area contributed by atoms with Gasteiger partial charge in [-0.3, -0.25) is 14.9 Å². The molecule has 0 bridgehead atoms. The second-order valence-electron chi connectivity index (χ2n) is 3.79. The molecule has 2 N–H and O–H groups in total. The molecule has 0 unspecified atom stereocenters. The molecule has 0 amide bonds. The van der Waals surface area contributed by atoms with E-state index in [0.717, 1.165) is 10.2 Å². The average molecular weight is 262 g/mol. The molecule has 0 atom stereocenters. The number of aryl methyl sites for hydroxylation is 1. The van der Waals surface area contributed by atoms with Crippen molar-refractivity contribution < 1.29 is 9.34 Å². The van der Waals surface area contributed by atoms with Crippen molar-refractivity contribution in [3.63, 3.8) is 0 Å². The Bertz CT molecular complexity index is 714. The van der Waals surface area contributed by atoms with Gasteiger partial charge in [-0.25, -0.2) is 0 Å². The predicted molar refractivity (Wildman–Crippen MR) is 68.2 cm³/mol. The first-order chi connectivity index (χ1) is 8.97. The van der Waals surface area contributed by atoms with E-state index < -0.39 is 16.4 Å². The van der Waals surface area contributed by atoms with Crippen molar-refractivity contribution in [1.82, 2.24) is 4.68 Å². The third-order valence-corrected chi connectivity index (χ3v) is 2.27. The summed E-state index contributed by atoms with van der Waals surface area (Å²) in [5, 5.41) is 14.3.